The number of carboxylic acid groups (broad SMARTS) is 1. The summed E-state index contributed by atoms with van der Waals surface area (Å²) in [5, 5.41) is 20.7. The van der Waals surface area contributed by atoms with Crippen LogP contribution in [0.2, 0.25) is 0 Å². The standard InChI is InChI=1S/C29H33NO6/c31-25-16-15-20-18-30(24(29(33)34)17-23(20)27(25)36-22-11-5-2-6-12-22)28(32)26(19-9-3-1-4-10-19)35-21-13-7-8-14-21/h1,3-4,9-11,15-16,21,24,26,31H,2,5-8,12-14,17-18H2,(H,33,34)/t24-,26?/m0/s1. The summed E-state index contributed by atoms with van der Waals surface area (Å²) >= 11 is 0. The Morgan fingerprint density at radius 1 is 1.00 bits per heavy atom. The van der Waals surface area contributed by atoms with Crippen LogP contribution >= 0.6 is 0 Å². The first-order valence-corrected chi connectivity index (χ1v) is 13.0. The van der Waals surface area contributed by atoms with Crippen molar-refractivity contribution < 1.29 is 29.3 Å². The molecule has 2 aromatic rings. The van der Waals surface area contributed by atoms with E-state index in [0.717, 1.165) is 68.3 Å². The minimum atomic E-state index is -1.09. The van der Waals surface area contributed by atoms with Crippen molar-refractivity contribution in [3.63, 3.8) is 0 Å². The Bertz CT molecular complexity index is 1140. The summed E-state index contributed by atoms with van der Waals surface area (Å²) in [5.41, 5.74) is 2.15. The Balaban J connectivity index is 1.46. The first kappa shape index (κ1) is 24.4. The number of rotatable bonds is 7. The Hall–Kier alpha value is -3.32. The van der Waals surface area contributed by atoms with Gasteiger partial charge in [0.2, 0.25) is 0 Å². The van der Waals surface area contributed by atoms with Crippen molar-refractivity contribution in [1.29, 1.82) is 0 Å². The van der Waals surface area contributed by atoms with Gasteiger partial charge in [-0.3, -0.25) is 4.79 Å². The molecule has 7 nitrogen and oxygen atoms in total. The monoisotopic (exact) mass is 491 g/mol. The van der Waals surface area contributed by atoms with Crippen LogP contribution in [0, 0.1) is 0 Å². The summed E-state index contributed by atoms with van der Waals surface area (Å²) in [7, 11) is 0. The predicted molar refractivity (Wildman–Crippen MR) is 133 cm³/mol. The molecular weight excluding hydrogens is 458 g/mol. The second kappa shape index (κ2) is 10.7. The number of aromatic hydroxyl groups is 1. The summed E-state index contributed by atoms with van der Waals surface area (Å²) in [5.74, 6) is -0.356. The maximum atomic E-state index is 13.9. The van der Waals surface area contributed by atoms with Gasteiger partial charge in [0.1, 0.15) is 11.8 Å². The lowest BCUT2D eigenvalue weighted by atomic mass is 9.91. The van der Waals surface area contributed by atoms with Crippen molar-refractivity contribution in [1.82, 2.24) is 4.90 Å². The summed E-state index contributed by atoms with van der Waals surface area (Å²) < 4.78 is 12.4. The van der Waals surface area contributed by atoms with Crippen molar-refractivity contribution in [2.45, 2.75) is 82.6 Å². The normalized spacial score (nSPS) is 20.9. The molecule has 5 rings (SSSR count). The lowest BCUT2D eigenvalue weighted by Crippen LogP contribution is -2.50. The van der Waals surface area contributed by atoms with Crippen LogP contribution in [0.25, 0.3) is 0 Å². The van der Waals surface area contributed by atoms with Crippen molar-refractivity contribution in [2.24, 2.45) is 0 Å². The molecule has 0 saturated heterocycles. The number of benzene rings is 2. The van der Waals surface area contributed by atoms with E-state index in [1.807, 2.05) is 36.4 Å². The Morgan fingerprint density at radius 3 is 2.47 bits per heavy atom. The summed E-state index contributed by atoms with van der Waals surface area (Å²) in [4.78, 5) is 27.8. The summed E-state index contributed by atoms with van der Waals surface area (Å²) in [6, 6.07) is 11.5. The van der Waals surface area contributed by atoms with Crippen molar-refractivity contribution >= 4 is 11.9 Å². The van der Waals surface area contributed by atoms with E-state index in [1.165, 1.54) is 4.90 Å². The van der Waals surface area contributed by atoms with Gasteiger partial charge in [-0.05, 0) is 55.4 Å². The molecule has 2 aromatic carbocycles. The minimum absolute atomic E-state index is 0.0137. The first-order chi connectivity index (χ1) is 17.5. The van der Waals surface area contributed by atoms with Gasteiger partial charge in [0.15, 0.2) is 17.6 Å². The minimum Gasteiger partial charge on any atom is -0.504 e. The first-order valence-electron chi connectivity index (χ1n) is 13.0. The molecule has 2 atom stereocenters. The van der Waals surface area contributed by atoms with Gasteiger partial charge in [-0.1, -0.05) is 49.2 Å². The number of nitrogens with zero attached hydrogens (tertiary/aromatic N) is 1. The fourth-order valence-electron chi connectivity index (χ4n) is 5.50. The number of fused-ring (bicyclic) bond motifs is 1. The highest BCUT2D eigenvalue weighted by Crippen LogP contribution is 2.41. The Kier molecular flexibility index (Phi) is 7.28. The summed E-state index contributed by atoms with van der Waals surface area (Å²) in [6.45, 7) is 0.109. The molecule has 2 aliphatic carbocycles. The lowest BCUT2D eigenvalue weighted by molar-refractivity contribution is -0.160. The zero-order chi connectivity index (χ0) is 25.1. The molecule has 1 amide bonds. The fraction of sp³-hybridized carbons (Fsp3) is 0.448. The predicted octanol–water partition coefficient (Wildman–Crippen LogP) is 5.27. The number of carbonyl (C=O) groups excluding carboxylic acids is 1. The number of phenolic OH excluding ortho intramolecular Hbond substituents is 1. The molecule has 2 N–H and O–H groups in total. The number of ether oxygens (including phenoxy) is 2. The molecule has 0 spiro atoms. The number of hydrogen-bond acceptors (Lipinski definition) is 5. The number of carbonyl (C=O) groups is 2. The topological polar surface area (TPSA) is 96.3 Å². The molecule has 1 fully saturated rings. The molecular formula is C29H33NO6. The van der Waals surface area contributed by atoms with Crippen LogP contribution in [0.3, 0.4) is 0 Å². The van der Waals surface area contributed by atoms with Crippen molar-refractivity contribution in [3.05, 3.63) is 71.0 Å². The average molecular weight is 492 g/mol. The van der Waals surface area contributed by atoms with E-state index >= 15 is 0 Å². The third kappa shape index (κ3) is 5.12. The van der Waals surface area contributed by atoms with Gasteiger partial charge in [0.25, 0.3) is 5.91 Å². The highest BCUT2D eigenvalue weighted by molar-refractivity contribution is 5.88. The quantitative estimate of drug-likeness (QED) is 0.548. The SMILES string of the molecule is O=C(O)[C@@H]1Cc2c(ccc(O)c2OC2=CCCCC2)CN1C(=O)C(OC1CCCC1)c1ccccc1. The van der Waals surface area contributed by atoms with Crippen LogP contribution in [0.5, 0.6) is 11.5 Å². The molecule has 7 heteroatoms. The summed E-state index contributed by atoms with van der Waals surface area (Å²) in [6.07, 6.45) is 8.97. The largest absolute Gasteiger partial charge is 0.504 e. The maximum Gasteiger partial charge on any atom is 0.326 e. The second-order valence-corrected chi connectivity index (χ2v) is 9.93. The van der Waals surface area contributed by atoms with Gasteiger partial charge in [-0.2, -0.15) is 0 Å². The van der Waals surface area contributed by atoms with Crippen LogP contribution in [0.15, 0.2) is 54.3 Å². The molecule has 0 radical (unpaired) electrons. The van der Waals surface area contributed by atoms with Crippen LogP contribution in [-0.2, 0) is 27.3 Å². The van der Waals surface area contributed by atoms with Gasteiger partial charge in [-0.25, -0.2) is 4.79 Å². The molecule has 0 bridgehead atoms. The van der Waals surface area contributed by atoms with Gasteiger partial charge in [-0.15, -0.1) is 0 Å². The molecule has 0 aromatic heterocycles. The van der Waals surface area contributed by atoms with E-state index in [-0.39, 0.29) is 30.7 Å². The second-order valence-electron chi connectivity index (χ2n) is 9.93. The molecule has 1 heterocycles. The molecule has 190 valence electrons. The van der Waals surface area contributed by atoms with E-state index in [4.69, 9.17) is 9.47 Å². The number of phenols is 1. The zero-order valence-electron chi connectivity index (χ0n) is 20.4. The number of carboxylic acids is 1. The number of aliphatic carboxylic acids is 1. The van der Waals surface area contributed by atoms with E-state index in [1.54, 1.807) is 12.1 Å². The van der Waals surface area contributed by atoms with Gasteiger partial charge in [0, 0.05) is 24.9 Å². The molecule has 1 aliphatic heterocycles. The maximum absolute atomic E-state index is 13.9. The third-order valence-corrected chi connectivity index (χ3v) is 7.46. The number of hydrogen-bond donors (Lipinski definition) is 2. The van der Waals surface area contributed by atoms with Crippen molar-refractivity contribution in [2.75, 3.05) is 0 Å². The number of amides is 1. The van der Waals surface area contributed by atoms with E-state index in [0.29, 0.717) is 11.3 Å². The fourth-order valence-corrected chi connectivity index (χ4v) is 5.50. The smallest absolute Gasteiger partial charge is 0.326 e. The third-order valence-electron chi connectivity index (χ3n) is 7.46. The Labute approximate surface area is 211 Å². The van der Waals surface area contributed by atoms with Crippen LogP contribution in [-0.4, -0.2) is 39.1 Å². The average Bonchev–Trinajstić information content (AvgIpc) is 3.42. The number of allylic oxidation sites excluding steroid dienone is 2. The molecule has 3 aliphatic rings. The Morgan fingerprint density at radius 2 is 1.78 bits per heavy atom. The molecule has 1 saturated carbocycles. The van der Waals surface area contributed by atoms with E-state index < -0.39 is 18.1 Å². The van der Waals surface area contributed by atoms with Crippen LogP contribution < -0.4 is 4.74 Å². The van der Waals surface area contributed by atoms with Gasteiger partial charge < -0.3 is 24.6 Å². The highest BCUT2D eigenvalue weighted by atomic mass is 16.5. The highest BCUT2D eigenvalue weighted by Gasteiger charge is 2.41. The zero-order valence-corrected chi connectivity index (χ0v) is 20.4. The van der Waals surface area contributed by atoms with Crippen LogP contribution in [0.1, 0.15) is 74.2 Å². The molecule has 1 unspecified atom stereocenters. The van der Waals surface area contributed by atoms with E-state index in [2.05, 4.69) is 0 Å². The van der Waals surface area contributed by atoms with Crippen LogP contribution in [0.4, 0.5) is 0 Å². The lowest BCUT2D eigenvalue weighted by Gasteiger charge is -2.37. The van der Waals surface area contributed by atoms with E-state index in [9.17, 15) is 19.8 Å². The molecule has 36 heavy (non-hydrogen) atoms. The van der Waals surface area contributed by atoms with Gasteiger partial charge >= 0.3 is 5.97 Å². The van der Waals surface area contributed by atoms with Gasteiger partial charge in [0.05, 0.1) is 6.10 Å². The van der Waals surface area contributed by atoms with Crippen molar-refractivity contribution in [3.8, 4) is 11.5 Å².